The van der Waals surface area contributed by atoms with Crippen molar-refractivity contribution in [3.63, 3.8) is 0 Å². The van der Waals surface area contributed by atoms with Crippen LogP contribution >= 0.6 is 0 Å². The summed E-state index contributed by atoms with van der Waals surface area (Å²) >= 11 is 0. The molecule has 0 unspecified atom stereocenters. The molecule has 0 atom stereocenters. The zero-order valence-electron chi connectivity index (χ0n) is 63.9. The fourth-order valence-corrected chi connectivity index (χ4v) is 70.1. The largest absolute Gasteiger partial charge is 0.673 e. The van der Waals surface area contributed by atoms with Gasteiger partial charge in [0, 0.05) is 120 Å². The molecule has 0 saturated carbocycles. The van der Waals surface area contributed by atoms with Gasteiger partial charge in [-0.25, -0.2) is 0 Å². The van der Waals surface area contributed by atoms with Crippen LogP contribution in [0.3, 0.4) is 0 Å². The van der Waals surface area contributed by atoms with Crippen LogP contribution in [0.5, 0.6) is 0 Å². The van der Waals surface area contributed by atoms with E-state index in [1.54, 1.807) is 27.9 Å². The minimum absolute atomic E-state index is 1.34. The highest BCUT2D eigenvalue weighted by Crippen LogP contribution is 2.29. The van der Waals surface area contributed by atoms with Crippen molar-refractivity contribution in [2.45, 2.75) is 183 Å². The lowest BCUT2D eigenvalue weighted by Crippen LogP contribution is -2.65. The van der Waals surface area contributed by atoms with Crippen LogP contribution in [0, 0.1) is 0 Å². The third-order valence-electron chi connectivity index (χ3n) is 10.4. The molecule has 544 valence electrons. The minimum atomic E-state index is -3.77. The van der Waals surface area contributed by atoms with E-state index in [-0.39, 0.29) is 0 Å². The maximum atomic E-state index is 6.38. The van der Waals surface area contributed by atoms with Crippen LogP contribution in [0.2, 0.25) is 183 Å². The fraction of sp³-hybridized carbons (Fsp3) is 1.00. The van der Waals surface area contributed by atoms with Gasteiger partial charge >= 0.3 is 122 Å². The van der Waals surface area contributed by atoms with Gasteiger partial charge in [-0.3, -0.25) is 0 Å². The Morgan fingerprint density at radius 1 is 0.124 bits per heavy atom. The molecule has 0 aliphatic heterocycles. The predicted molar refractivity (Wildman–Crippen MR) is 387 cm³/mol. The van der Waals surface area contributed by atoms with Crippen LogP contribution in [0.15, 0.2) is 0 Å². The summed E-state index contributed by atoms with van der Waals surface area (Å²) in [6.07, 6.45) is 0. The summed E-state index contributed by atoms with van der Waals surface area (Å²) in [5.41, 5.74) is 0. The summed E-state index contributed by atoms with van der Waals surface area (Å²) in [4.78, 5) is 0. The molecule has 0 aliphatic rings. The van der Waals surface area contributed by atoms with Crippen LogP contribution in [-0.4, -0.2) is 261 Å². The molecule has 0 aromatic heterocycles. The van der Waals surface area contributed by atoms with E-state index in [0.29, 0.717) is 0 Å². The summed E-state index contributed by atoms with van der Waals surface area (Å²) in [6, 6.07) is 0. The van der Waals surface area contributed by atoms with E-state index in [4.69, 9.17) is 120 Å². The molecule has 0 fully saturated rings. The second-order valence-corrected chi connectivity index (χ2v) is 86.2. The van der Waals surface area contributed by atoms with Crippen molar-refractivity contribution in [2.75, 3.05) is 114 Å². The zero-order chi connectivity index (χ0) is 72.3. The highest BCUT2D eigenvalue weighted by Gasteiger charge is 2.64. The average molecular weight is 1590 g/mol. The smallest absolute Gasteiger partial charge is 0.437 e. The molecule has 0 bridgehead atoms. The lowest BCUT2D eigenvalue weighted by Gasteiger charge is -2.41. The van der Waals surface area contributed by atoms with Gasteiger partial charge in [0.1, 0.15) is 0 Å². The van der Waals surface area contributed by atoms with Gasteiger partial charge in [-0.15, -0.1) is 0 Å². The molecule has 0 radical (unpaired) electrons. The summed E-state index contributed by atoms with van der Waals surface area (Å²) < 4.78 is 156. The highest BCUT2D eigenvalue weighted by atomic mass is 28.5. The molecule has 0 aromatic rings. The van der Waals surface area contributed by atoms with Crippen LogP contribution in [0.4, 0.5) is 0 Å². The van der Waals surface area contributed by atoms with E-state index in [1.165, 1.54) is 92.4 Å². The molecule has 89 heavy (non-hydrogen) atoms. The Kier molecular flexibility index (Phi) is 46.6. The van der Waals surface area contributed by atoms with Crippen molar-refractivity contribution in [3.8, 4) is 0 Å². The van der Waals surface area contributed by atoms with Crippen molar-refractivity contribution in [1.82, 2.24) is 0 Å². The SMILES string of the molecule is CO[Si](C)(C)O[Si](C)(C)O[Si](C)(C)C.CO[Si](C)(C)O[Si](C)(C)O[Si](C)(C)O[Si](C)(C)C.CO[Si](C)(C)O[Si](C)(C)O[Si](C)(C)O[Si](C)(C)O[Si](C)(C)C.CO[Si](C)(OC)O[Si](OC)(OC)OC.CO[Si](OC)(OC)O[Si](OC)(OC)O[Si](OC)(OC)OC. The number of hydrogen-bond donors (Lipinski definition) is 0. The van der Waals surface area contributed by atoms with Crippen LogP contribution in [0.1, 0.15) is 0 Å². The van der Waals surface area contributed by atoms with E-state index in [2.05, 4.69) is 151 Å². The molecular weight excluding hydrogens is 1450 g/mol. The van der Waals surface area contributed by atoms with Gasteiger partial charge in [0.25, 0.3) is 0 Å². The maximum Gasteiger partial charge on any atom is 0.673 e. The first-order valence-electron chi connectivity index (χ1n) is 28.7. The van der Waals surface area contributed by atoms with Crippen molar-refractivity contribution in [1.29, 1.82) is 0 Å². The van der Waals surface area contributed by atoms with E-state index >= 15 is 0 Å². The third kappa shape index (κ3) is 47.3. The van der Waals surface area contributed by atoms with Crippen molar-refractivity contribution >= 4 is 147 Å². The van der Waals surface area contributed by atoms with Gasteiger partial charge in [0.15, 0.2) is 25.0 Å². The molecule has 0 aromatic carbocycles. The molecule has 0 saturated heterocycles. The number of hydrogen-bond acceptors (Lipinski definition) is 28. The minimum Gasteiger partial charge on any atom is -0.437 e. The predicted octanol–water partition coefficient (Wildman–Crippen LogP) is 10.6. The summed E-state index contributed by atoms with van der Waals surface area (Å²) in [7, 11) is -17.1. The first-order valence-corrected chi connectivity index (χ1v) is 73.0. The van der Waals surface area contributed by atoms with Gasteiger partial charge in [-0.2, -0.15) is 0 Å². The molecule has 28 nitrogen and oxygen atoms in total. The van der Waals surface area contributed by atoms with Crippen molar-refractivity contribution < 1.29 is 120 Å². The Hall–Kier alpha value is 2.57. The molecular formula is C44H132O28Si17. The zero-order valence-corrected chi connectivity index (χ0v) is 80.9. The number of rotatable bonds is 40. The Morgan fingerprint density at radius 3 is 0.404 bits per heavy atom. The monoisotopic (exact) mass is 1580 g/mol. The molecule has 0 rings (SSSR count). The fourth-order valence-electron chi connectivity index (χ4n) is 8.11. The second kappa shape index (κ2) is 41.3. The summed E-state index contributed by atoms with van der Waals surface area (Å²) in [5, 5.41) is 0. The van der Waals surface area contributed by atoms with Crippen LogP contribution < -0.4 is 0 Å². The molecule has 0 spiro atoms. The quantitative estimate of drug-likeness (QED) is 0.0516. The Morgan fingerprint density at radius 2 is 0.270 bits per heavy atom. The average Bonchev–Trinajstić information content (AvgIpc) is 1.20. The van der Waals surface area contributed by atoms with Crippen molar-refractivity contribution in [3.05, 3.63) is 0 Å². The molecule has 0 N–H and O–H groups in total. The first-order chi connectivity index (χ1) is 39.5. The lowest BCUT2D eigenvalue weighted by atomic mass is 11.8. The Bertz CT molecular complexity index is 1810. The molecule has 0 heterocycles. The summed E-state index contributed by atoms with van der Waals surface area (Å²) in [6.45, 7) is 58.7. The molecule has 0 aliphatic carbocycles. The second-order valence-electron chi connectivity index (χ2n) is 26.3. The highest BCUT2D eigenvalue weighted by molar-refractivity contribution is 6.91. The van der Waals surface area contributed by atoms with E-state index < -0.39 is 147 Å². The third-order valence-corrected chi connectivity index (χ3v) is 63.6. The van der Waals surface area contributed by atoms with Gasteiger partial charge in [0.2, 0.25) is 0 Å². The topological polar surface area (TPSA) is 258 Å². The maximum absolute atomic E-state index is 6.38. The molecule has 0 amide bonds. The Balaban J connectivity index is -0.000000334. The van der Waals surface area contributed by atoms with Crippen LogP contribution in [0.25, 0.3) is 0 Å². The van der Waals surface area contributed by atoms with Crippen LogP contribution in [-0.2, 0) is 120 Å². The molecule has 45 heteroatoms. The first kappa shape index (κ1) is 100. The summed E-state index contributed by atoms with van der Waals surface area (Å²) in [5.74, 6) is 0. The normalized spacial score (nSPS) is 14.4. The standard InChI is InChI=1S/C12H36O5Si5.C10H30O4Si4.C8H24O10Si3.C8H24O3Si3.C6H18O6Si2/c1-13-19(5,6)15-21(9,10)17-22(11,12)16-20(7,8)14-18(2,3)4;1-11-16(5,6)13-18(9,10)14-17(7,8)12-15(2,3)4;1-9-19(10-2,11-3)17-21(15-7,16-8)18-20(12-4,13-5)14-6;1-9-13(5,6)11-14(7,8)10-12(2,3)4;1-7-13(6,8-2)12-14(9-3,10-4)11-5/h1-12H3;1-10H3;1-8H3;1-8H3;1-6H3. The van der Waals surface area contributed by atoms with Crippen molar-refractivity contribution in [2.24, 2.45) is 0 Å². The van der Waals surface area contributed by atoms with E-state index in [9.17, 15) is 0 Å². The Labute approximate surface area is 560 Å². The van der Waals surface area contributed by atoms with E-state index in [1.807, 2.05) is 26.2 Å². The van der Waals surface area contributed by atoms with E-state index in [0.717, 1.165) is 0 Å². The van der Waals surface area contributed by atoms with Gasteiger partial charge in [-0.05, 0) is 177 Å². The van der Waals surface area contributed by atoms with Gasteiger partial charge < -0.3 is 120 Å². The lowest BCUT2D eigenvalue weighted by molar-refractivity contribution is -0.0462. The van der Waals surface area contributed by atoms with Gasteiger partial charge in [-0.1, -0.05) is 0 Å². The van der Waals surface area contributed by atoms with Gasteiger partial charge in [0.05, 0.1) is 0 Å².